The molecule has 0 radical (unpaired) electrons. The zero-order valence-electron chi connectivity index (χ0n) is 8.76. The first-order chi connectivity index (χ1) is 5.00. The number of nitrogens with zero attached hydrogens (tertiary/aromatic N) is 2. The van der Waals surface area contributed by atoms with Gasteiger partial charge in [0.25, 0.3) is 0 Å². The lowest BCUT2D eigenvalue weighted by atomic mass is 10.4. The molecule has 0 rings (SSSR count). The van der Waals surface area contributed by atoms with Gasteiger partial charge in [-0.2, -0.15) is 0 Å². The van der Waals surface area contributed by atoms with Gasteiger partial charge in [0.15, 0.2) is 9.12 Å². The molecule has 68 valence electrons. The fourth-order valence-corrected chi connectivity index (χ4v) is 5.07. The van der Waals surface area contributed by atoms with Gasteiger partial charge in [-0.3, -0.25) is 0 Å². The van der Waals surface area contributed by atoms with Gasteiger partial charge in [0.2, 0.25) is 0 Å². The van der Waals surface area contributed by atoms with Crippen LogP contribution in [0.3, 0.4) is 0 Å². The highest BCUT2D eigenvalue weighted by Gasteiger charge is 2.22. The molecule has 0 aliphatic carbocycles. The van der Waals surface area contributed by atoms with E-state index in [-0.39, 0.29) is 0 Å². The molecule has 0 heterocycles. The van der Waals surface area contributed by atoms with E-state index in [0.29, 0.717) is 0 Å². The van der Waals surface area contributed by atoms with Gasteiger partial charge in [-0.05, 0) is 33.7 Å². The standard InChI is InChI=1S/C8H22N2Si/c1-7-8(2)11(9(3)4)10(5)6/h8,11H,7H2,1-6H3. The van der Waals surface area contributed by atoms with Gasteiger partial charge in [-0.25, -0.2) is 0 Å². The zero-order valence-corrected chi connectivity index (χ0v) is 9.91. The van der Waals surface area contributed by atoms with E-state index in [4.69, 9.17) is 0 Å². The first-order valence-electron chi connectivity index (χ1n) is 4.33. The second kappa shape index (κ2) is 4.90. The van der Waals surface area contributed by atoms with Crippen molar-refractivity contribution in [2.24, 2.45) is 0 Å². The highest BCUT2D eigenvalue weighted by Crippen LogP contribution is 2.15. The summed E-state index contributed by atoms with van der Waals surface area (Å²) in [7, 11) is 7.98. The molecule has 0 aromatic rings. The topological polar surface area (TPSA) is 6.48 Å². The second-order valence-corrected chi connectivity index (χ2v) is 7.76. The van der Waals surface area contributed by atoms with Crippen molar-refractivity contribution in [3.8, 4) is 0 Å². The molecule has 0 aromatic carbocycles. The van der Waals surface area contributed by atoms with E-state index in [9.17, 15) is 0 Å². The van der Waals surface area contributed by atoms with Gasteiger partial charge in [-0.1, -0.05) is 20.3 Å². The number of hydrogen-bond acceptors (Lipinski definition) is 2. The summed E-state index contributed by atoms with van der Waals surface area (Å²) in [5, 5.41) is 0. The molecule has 11 heavy (non-hydrogen) atoms. The van der Waals surface area contributed by atoms with Crippen molar-refractivity contribution in [2.75, 3.05) is 28.2 Å². The minimum Gasteiger partial charge on any atom is -0.319 e. The van der Waals surface area contributed by atoms with E-state index in [1.807, 2.05) is 0 Å². The highest BCUT2D eigenvalue weighted by atomic mass is 28.3. The van der Waals surface area contributed by atoms with Crippen LogP contribution in [0.25, 0.3) is 0 Å². The lowest BCUT2D eigenvalue weighted by Crippen LogP contribution is -2.48. The van der Waals surface area contributed by atoms with Crippen molar-refractivity contribution in [1.82, 2.24) is 9.13 Å². The number of hydrogen-bond donors (Lipinski definition) is 0. The van der Waals surface area contributed by atoms with Gasteiger partial charge in [-0.15, -0.1) is 0 Å². The molecule has 1 unspecified atom stereocenters. The van der Waals surface area contributed by atoms with E-state index in [1.54, 1.807) is 0 Å². The van der Waals surface area contributed by atoms with E-state index in [0.717, 1.165) is 5.54 Å². The van der Waals surface area contributed by atoms with Gasteiger partial charge in [0.1, 0.15) is 0 Å². The van der Waals surface area contributed by atoms with Crippen molar-refractivity contribution in [1.29, 1.82) is 0 Å². The van der Waals surface area contributed by atoms with Crippen LogP contribution in [0.5, 0.6) is 0 Å². The second-order valence-electron chi connectivity index (χ2n) is 3.73. The molecule has 0 saturated heterocycles. The van der Waals surface area contributed by atoms with Gasteiger partial charge in [0, 0.05) is 0 Å². The van der Waals surface area contributed by atoms with Crippen molar-refractivity contribution in [3.63, 3.8) is 0 Å². The third kappa shape index (κ3) is 3.36. The smallest absolute Gasteiger partial charge is 0.192 e. The van der Waals surface area contributed by atoms with Crippen LogP contribution in [0.4, 0.5) is 0 Å². The van der Waals surface area contributed by atoms with E-state index >= 15 is 0 Å². The molecular formula is C8H22N2Si. The molecule has 0 aliphatic rings. The quantitative estimate of drug-likeness (QED) is 0.590. The van der Waals surface area contributed by atoms with Crippen LogP contribution in [0.2, 0.25) is 5.54 Å². The molecule has 0 fully saturated rings. The molecule has 0 amide bonds. The largest absolute Gasteiger partial charge is 0.319 e. The predicted octanol–water partition coefficient (Wildman–Crippen LogP) is 1.13. The van der Waals surface area contributed by atoms with E-state index < -0.39 is 9.12 Å². The van der Waals surface area contributed by atoms with E-state index in [1.165, 1.54) is 6.42 Å². The third-order valence-electron chi connectivity index (χ3n) is 2.21. The lowest BCUT2D eigenvalue weighted by molar-refractivity contribution is 0.492. The summed E-state index contributed by atoms with van der Waals surface area (Å²) < 4.78 is 4.82. The van der Waals surface area contributed by atoms with Crippen LogP contribution in [-0.4, -0.2) is 46.4 Å². The van der Waals surface area contributed by atoms with Crippen LogP contribution < -0.4 is 0 Å². The summed E-state index contributed by atoms with van der Waals surface area (Å²) in [6.45, 7) is 4.63. The SMILES string of the molecule is CCC(C)[SiH](N(C)C)N(C)C. The summed E-state index contributed by atoms with van der Waals surface area (Å²) in [6.07, 6.45) is 1.30. The molecule has 0 spiro atoms. The Morgan fingerprint density at radius 3 is 1.55 bits per heavy atom. The van der Waals surface area contributed by atoms with E-state index in [2.05, 4.69) is 51.2 Å². The molecule has 0 bridgehead atoms. The minimum atomic E-state index is -0.808. The Bertz CT molecular complexity index is 96.3. The molecule has 3 heteroatoms. The van der Waals surface area contributed by atoms with Crippen LogP contribution in [0, 0.1) is 0 Å². The van der Waals surface area contributed by atoms with Crippen LogP contribution in [0.15, 0.2) is 0 Å². The van der Waals surface area contributed by atoms with Crippen molar-refractivity contribution in [2.45, 2.75) is 25.8 Å². The minimum absolute atomic E-state index is 0.808. The van der Waals surface area contributed by atoms with Gasteiger partial charge < -0.3 is 9.13 Å². The molecular weight excluding hydrogens is 152 g/mol. The van der Waals surface area contributed by atoms with Crippen LogP contribution in [-0.2, 0) is 0 Å². The maximum Gasteiger partial charge on any atom is 0.192 e. The first-order valence-corrected chi connectivity index (χ1v) is 6.03. The lowest BCUT2D eigenvalue weighted by Gasteiger charge is -2.32. The maximum absolute atomic E-state index is 2.41. The average molecular weight is 174 g/mol. The molecule has 0 N–H and O–H groups in total. The zero-order chi connectivity index (χ0) is 9.02. The fourth-order valence-electron chi connectivity index (χ4n) is 1.69. The maximum atomic E-state index is 2.41. The molecule has 1 atom stereocenters. The van der Waals surface area contributed by atoms with Gasteiger partial charge >= 0.3 is 0 Å². The summed E-state index contributed by atoms with van der Waals surface area (Å²) in [6, 6.07) is 0. The summed E-state index contributed by atoms with van der Waals surface area (Å²) in [5.74, 6) is 0. The summed E-state index contributed by atoms with van der Waals surface area (Å²) >= 11 is 0. The Hall–Kier alpha value is 0.137. The normalized spacial score (nSPS) is 15.0. The van der Waals surface area contributed by atoms with Crippen LogP contribution in [0.1, 0.15) is 20.3 Å². The Kier molecular flexibility index (Phi) is 4.96. The number of rotatable bonds is 4. The molecule has 0 aliphatic heterocycles. The fraction of sp³-hybridized carbons (Fsp3) is 1.00. The Balaban J connectivity index is 4.09. The Morgan fingerprint density at radius 2 is 1.45 bits per heavy atom. The summed E-state index contributed by atoms with van der Waals surface area (Å²) in [5.41, 5.74) is 0.875. The Morgan fingerprint density at radius 1 is 1.09 bits per heavy atom. The monoisotopic (exact) mass is 174 g/mol. The highest BCUT2D eigenvalue weighted by molar-refractivity contribution is 6.54. The van der Waals surface area contributed by atoms with Crippen molar-refractivity contribution >= 4 is 9.12 Å². The van der Waals surface area contributed by atoms with Crippen molar-refractivity contribution in [3.05, 3.63) is 0 Å². The third-order valence-corrected chi connectivity index (χ3v) is 5.82. The average Bonchev–Trinajstić information content (AvgIpc) is 1.85. The predicted molar refractivity (Wildman–Crippen MR) is 54.2 cm³/mol. The Labute approximate surface area is 73.0 Å². The molecule has 0 saturated carbocycles. The first kappa shape index (κ1) is 11.1. The van der Waals surface area contributed by atoms with Crippen molar-refractivity contribution < 1.29 is 0 Å². The van der Waals surface area contributed by atoms with Gasteiger partial charge in [0.05, 0.1) is 0 Å². The summed E-state index contributed by atoms with van der Waals surface area (Å²) in [4.78, 5) is 0. The molecule has 0 aromatic heterocycles. The molecule has 2 nitrogen and oxygen atoms in total. The van der Waals surface area contributed by atoms with Crippen LogP contribution >= 0.6 is 0 Å².